The lowest BCUT2D eigenvalue weighted by Crippen LogP contribution is -2.18. The summed E-state index contributed by atoms with van der Waals surface area (Å²) in [5.74, 6) is 0.814. The monoisotopic (exact) mass is 569 g/mol. The molecule has 0 spiro atoms. The molecule has 0 aliphatic carbocycles. The topological polar surface area (TPSA) is 146 Å². The first-order valence-electron chi connectivity index (χ1n) is 15.0. The summed E-state index contributed by atoms with van der Waals surface area (Å²) in [6.07, 6.45) is 19.5. The van der Waals surface area contributed by atoms with E-state index >= 15 is 0 Å². The molecule has 0 aliphatic rings. The molecule has 0 bridgehead atoms. The molecule has 2 atom stereocenters. The number of ether oxygens (including phenoxy) is 2. The average molecular weight is 570 g/mol. The molecule has 0 radical (unpaired) electrons. The van der Waals surface area contributed by atoms with E-state index in [1.54, 1.807) is 17.8 Å². The van der Waals surface area contributed by atoms with Crippen LogP contribution in [0.5, 0.6) is 0 Å². The fourth-order valence-electron chi connectivity index (χ4n) is 4.71. The van der Waals surface area contributed by atoms with E-state index < -0.39 is 20.0 Å². The molecule has 2 rings (SSSR count). The standard InChI is InChI=1S/C28H52N5O5P/c1-4-6-7-8-9-10-11-12-13-14-15-16-17-18-19-37-24(5-2)27-31-26(29)25-28(32-27)33(21-30-25)20-23(3)38-22-39(34,35)36/h21,23-24H,4-20,22H2,1-3H3,(H2,29,31,32)(H2,34,35,36). The van der Waals surface area contributed by atoms with Crippen molar-refractivity contribution in [3.8, 4) is 0 Å². The SMILES string of the molecule is CCCCCCCCCCCCCCCCOC(CC)c1nc(N)c2ncn(CC(C)OCP(=O)(O)O)c2n1. The number of hydrogen-bond acceptors (Lipinski definition) is 7. The number of nitrogens with two attached hydrogens (primary N) is 1. The summed E-state index contributed by atoms with van der Waals surface area (Å²) in [6, 6.07) is 0. The van der Waals surface area contributed by atoms with Crippen LogP contribution < -0.4 is 5.73 Å². The highest BCUT2D eigenvalue weighted by molar-refractivity contribution is 7.51. The van der Waals surface area contributed by atoms with Crippen molar-refractivity contribution in [2.75, 3.05) is 18.7 Å². The third kappa shape index (κ3) is 13.6. The number of nitrogens with zero attached hydrogens (tertiary/aromatic N) is 4. The summed E-state index contributed by atoms with van der Waals surface area (Å²) >= 11 is 0. The third-order valence-electron chi connectivity index (χ3n) is 6.96. The smallest absolute Gasteiger partial charge is 0.350 e. The van der Waals surface area contributed by atoms with Gasteiger partial charge in [0.15, 0.2) is 17.3 Å². The Morgan fingerprint density at radius 2 is 1.46 bits per heavy atom. The van der Waals surface area contributed by atoms with Gasteiger partial charge in [-0.1, -0.05) is 97.3 Å². The van der Waals surface area contributed by atoms with E-state index in [-0.39, 0.29) is 11.9 Å². The molecule has 0 amide bonds. The van der Waals surface area contributed by atoms with Gasteiger partial charge in [-0.25, -0.2) is 15.0 Å². The molecule has 224 valence electrons. The van der Waals surface area contributed by atoms with Gasteiger partial charge in [-0.05, 0) is 19.8 Å². The maximum atomic E-state index is 11.1. The molecular weight excluding hydrogens is 517 g/mol. The van der Waals surface area contributed by atoms with Crippen LogP contribution in [0.15, 0.2) is 6.33 Å². The average Bonchev–Trinajstić information content (AvgIpc) is 3.30. The number of anilines is 1. The van der Waals surface area contributed by atoms with E-state index in [1.165, 1.54) is 77.0 Å². The Hall–Kier alpha value is -1.58. The van der Waals surface area contributed by atoms with E-state index in [1.807, 2.05) is 6.92 Å². The quantitative estimate of drug-likeness (QED) is 0.0960. The van der Waals surface area contributed by atoms with Crippen LogP contribution in [0.2, 0.25) is 0 Å². The van der Waals surface area contributed by atoms with E-state index in [0.717, 1.165) is 19.3 Å². The van der Waals surface area contributed by atoms with Gasteiger partial charge in [-0.2, -0.15) is 0 Å². The van der Waals surface area contributed by atoms with Gasteiger partial charge in [-0.3, -0.25) is 4.57 Å². The summed E-state index contributed by atoms with van der Waals surface area (Å²) in [5, 5.41) is 0. The minimum atomic E-state index is -4.23. The van der Waals surface area contributed by atoms with Crippen LogP contribution in [-0.4, -0.2) is 48.4 Å². The van der Waals surface area contributed by atoms with Gasteiger partial charge in [0.25, 0.3) is 0 Å². The van der Waals surface area contributed by atoms with Gasteiger partial charge in [0.2, 0.25) is 0 Å². The first-order chi connectivity index (χ1) is 18.7. The van der Waals surface area contributed by atoms with Gasteiger partial charge in [0, 0.05) is 6.61 Å². The number of aromatic nitrogens is 4. The van der Waals surface area contributed by atoms with Crippen LogP contribution in [-0.2, 0) is 20.6 Å². The fourth-order valence-corrected chi connectivity index (χ4v) is 5.16. The van der Waals surface area contributed by atoms with E-state index in [2.05, 4.69) is 16.9 Å². The first kappa shape index (κ1) is 33.6. The van der Waals surface area contributed by atoms with Gasteiger partial charge in [-0.15, -0.1) is 0 Å². The molecule has 4 N–H and O–H groups in total. The van der Waals surface area contributed by atoms with Crippen molar-refractivity contribution >= 4 is 24.6 Å². The molecule has 2 aromatic rings. The molecule has 0 fully saturated rings. The highest BCUT2D eigenvalue weighted by Crippen LogP contribution is 2.34. The lowest BCUT2D eigenvalue weighted by Gasteiger charge is -2.17. The molecule has 39 heavy (non-hydrogen) atoms. The Labute approximate surface area is 234 Å². The third-order valence-corrected chi connectivity index (χ3v) is 7.45. The molecule has 10 nitrogen and oxygen atoms in total. The summed E-state index contributed by atoms with van der Waals surface area (Å²) in [7, 11) is -4.23. The van der Waals surface area contributed by atoms with E-state index in [9.17, 15) is 4.57 Å². The van der Waals surface area contributed by atoms with Crippen molar-refractivity contribution in [2.24, 2.45) is 0 Å². The second-order valence-corrected chi connectivity index (χ2v) is 12.3. The Morgan fingerprint density at radius 1 is 0.897 bits per heavy atom. The van der Waals surface area contributed by atoms with E-state index in [0.29, 0.717) is 30.1 Å². The van der Waals surface area contributed by atoms with Crippen LogP contribution in [0.3, 0.4) is 0 Å². The lowest BCUT2D eigenvalue weighted by molar-refractivity contribution is 0.0416. The second-order valence-electron chi connectivity index (χ2n) is 10.7. The molecule has 2 aromatic heterocycles. The van der Waals surface area contributed by atoms with Gasteiger partial charge in [0.05, 0.1) is 19.0 Å². The highest BCUT2D eigenvalue weighted by atomic mass is 31.2. The van der Waals surface area contributed by atoms with Crippen molar-refractivity contribution in [3.63, 3.8) is 0 Å². The Morgan fingerprint density at radius 3 is 2.00 bits per heavy atom. The highest BCUT2D eigenvalue weighted by Gasteiger charge is 2.20. The van der Waals surface area contributed by atoms with Crippen LogP contribution >= 0.6 is 7.60 Å². The largest absolute Gasteiger partial charge is 0.382 e. The van der Waals surface area contributed by atoms with Gasteiger partial charge < -0.3 is 29.6 Å². The van der Waals surface area contributed by atoms with Crippen LogP contribution in [0.25, 0.3) is 11.2 Å². The predicted octanol–water partition coefficient (Wildman–Crippen LogP) is 6.90. The van der Waals surface area contributed by atoms with Crippen LogP contribution in [0.1, 0.15) is 129 Å². The molecular formula is C28H52N5O5P. The van der Waals surface area contributed by atoms with Gasteiger partial charge in [0.1, 0.15) is 18.0 Å². The fraction of sp³-hybridized carbons (Fsp3) is 0.821. The minimum absolute atomic E-state index is 0.259. The number of hydrogen-bond donors (Lipinski definition) is 3. The zero-order valence-electron chi connectivity index (χ0n) is 24.4. The number of imidazole rings is 1. The van der Waals surface area contributed by atoms with Crippen LogP contribution in [0, 0.1) is 0 Å². The van der Waals surface area contributed by atoms with Gasteiger partial charge >= 0.3 is 7.60 Å². The molecule has 0 aliphatic heterocycles. The number of rotatable bonds is 23. The maximum absolute atomic E-state index is 11.1. The minimum Gasteiger partial charge on any atom is -0.382 e. The summed E-state index contributed by atoms with van der Waals surface area (Å²) < 4.78 is 24.3. The van der Waals surface area contributed by atoms with Crippen molar-refractivity contribution in [1.82, 2.24) is 19.5 Å². The van der Waals surface area contributed by atoms with E-state index in [4.69, 9.17) is 30.0 Å². The van der Waals surface area contributed by atoms with Crippen molar-refractivity contribution in [2.45, 2.75) is 136 Å². The molecule has 2 heterocycles. The molecule has 2 unspecified atom stereocenters. The first-order valence-corrected chi connectivity index (χ1v) is 16.8. The number of unbranched alkanes of at least 4 members (excludes halogenated alkanes) is 13. The summed E-state index contributed by atoms with van der Waals surface area (Å²) in [5.41, 5.74) is 7.23. The van der Waals surface area contributed by atoms with Crippen LogP contribution in [0.4, 0.5) is 5.82 Å². The predicted molar refractivity (Wildman–Crippen MR) is 156 cm³/mol. The maximum Gasteiger partial charge on any atom is 0.350 e. The van der Waals surface area contributed by atoms with Crippen molar-refractivity contribution in [3.05, 3.63) is 12.2 Å². The normalized spacial score (nSPS) is 13.8. The van der Waals surface area contributed by atoms with Crippen molar-refractivity contribution < 1.29 is 23.8 Å². The second kappa shape index (κ2) is 18.7. The summed E-state index contributed by atoms with van der Waals surface area (Å²) in [6.45, 7) is 7.02. The molecule has 0 saturated carbocycles. The zero-order chi connectivity index (χ0) is 28.5. The Bertz CT molecular complexity index is 983. The van der Waals surface area contributed by atoms with Crippen molar-refractivity contribution in [1.29, 1.82) is 0 Å². The Balaban J connectivity index is 1.69. The number of nitrogen functional groups attached to an aromatic ring is 1. The molecule has 0 aromatic carbocycles. The lowest BCUT2D eigenvalue weighted by atomic mass is 10.0. The molecule has 11 heteroatoms. The summed E-state index contributed by atoms with van der Waals surface area (Å²) in [4.78, 5) is 31.6. The molecule has 0 saturated heterocycles. The zero-order valence-corrected chi connectivity index (χ0v) is 25.3. The number of fused-ring (bicyclic) bond motifs is 1. The Kier molecular flexibility index (Phi) is 16.1.